The first-order valence-electron chi connectivity index (χ1n) is 45.7. The van der Waals surface area contributed by atoms with Crippen LogP contribution in [0.5, 0.6) is 0 Å². The minimum Gasteiger partial charge on any atom is -0.325 e. The van der Waals surface area contributed by atoms with Gasteiger partial charge in [-0.25, -0.2) is 68.0 Å². The van der Waals surface area contributed by atoms with Gasteiger partial charge >= 0.3 is 0 Å². The van der Waals surface area contributed by atoms with E-state index in [1.165, 1.54) is 64.6 Å². The van der Waals surface area contributed by atoms with E-state index in [-0.39, 0.29) is 63.0 Å². The van der Waals surface area contributed by atoms with Crippen molar-refractivity contribution in [3.8, 4) is 0 Å². The van der Waals surface area contributed by atoms with Crippen LogP contribution in [0.15, 0.2) is 194 Å². The van der Waals surface area contributed by atoms with Gasteiger partial charge in [-0.1, -0.05) is 107 Å². The lowest BCUT2D eigenvalue weighted by atomic mass is 9.86. The van der Waals surface area contributed by atoms with Crippen LogP contribution in [0.2, 0.25) is 25.1 Å². The molecular formula is C101H96Cl5FN10O20S5. The minimum atomic E-state index is -4.00. The fraction of sp³-hybridized carbons (Fsp3) is 0.307. The quantitative estimate of drug-likeness (QED) is 0.0794. The largest absolute Gasteiger partial charge is 0.325 e. The molecule has 0 aromatic heterocycles. The van der Waals surface area contributed by atoms with Gasteiger partial charge in [-0.2, -0.15) is 0 Å². The lowest BCUT2D eigenvalue weighted by Gasteiger charge is -2.32. The third kappa shape index (κ3) is 20.2. The summed E-state index contributed by atoms with van der Waals surface area (Å²) in [5, 5.41) is 15.3. The predicted molar refractivity (Wildman–Crippen MR) is 534 cm³/mol. The van der Waals surface area contributed by atoms with Crippen LogP contribution in [-0.2, 0) is 162 Å². The molecule has 0 spiro atoms. The average Bonchev–Trinajstić information content (AvgIpc) is 0.748. The predicted octanol–water partition coefficient (Wildman–Crippen LogP) is 16.0. The molecule has 142 heavy (non-hydrogen) atoms. The monoisotopic (exact) mass is 2120 g/mol. The number of para-hydroxylation sites is 1. The van der Waals surface area contributed by atoms with Crippen LogP contribution in [0, 0.1) is 12.7 Å². The van der Waals surface area contributed by atoms with Crippen LogP contribution in [-0.4, -0.2) is 158 Å². The Balaban J connectivity index is 0.000000128. The molecule has 30 nitrogen and oxygen atoms in total. The number of halogens is 6. The van der Waals surface area contributed by atoms with Gasteiger partial charge in [-0.15, -0.1) is 0 Å². The zero-order valence-corrected chi connectivity index (χ0v) is 85.3. The van der Waals surface area contributed by atoms with E-state index in [2.05, 4.69) is 26.6 Å². The number of nitrogens with zero attached hydrogens (tertiary/aromatic N) is 5. The van der Waals surface area contributed by atoms with E-state index < -0.39 is 145 Å². The molecule has 41 heteroatoms. The SMILES string of the molecule is CN1C(=O)C(C(=O)Nc2cc(Cl)ccc2Cl)c2cc3c(cc2S1(=O)=O)CCCC3.CN1C(=O)C(C(=O)Nc2ccc(Cl)cc2)c2cc3c(cc2S1(=O)=O)CCCC3.CN1C(=O)C(C(=O)Nc2ccc(F)cc2)c2cc3c(cc2S1(=O)=O)CCCC3.CN1C(=O)C(C(=O)Nc2ccccc2Cl)c2cc3c(cc2S1(=O)=O)CCCC3.Cc1ccc(NC(=O)C2C(=O)N(C)S(=O)(=O)c3cc4c(cc32)CCCC4)cc1Cl. The molecule has 10 aliphatic rings. The zero-order valence-electron chi connectivity index (χ0n) is 77.4. The molecule has 5 aliphatic heterocycles. The number of benzene rings is 10. The highest BCUT2D eigenvalue weighted by Gasteiger charge is 2.52. The summed E-state index contributed by atoms with van der Waals surface area (Å²) in [5.74, 6) is -13.6. The van der Waals surface area contributed by atoms with E-state index in [0.717, 1.165) is 197 Å². The fourth-order valence-corrected chi connectivity index (χ4v) is 27.1. The molecule has 5 unspecified atom stereocenters. The van der Waals surface area contributed by atoms with Crippen molar-refractivity contribution in [1.82, 2.24) is 21.5 Å². The molecule has 0 radical (unpaired) electrons. The molecule has 20 rings (SSSR count). The van der Waals surface area contributed by atoms with E-state index in [0.29, 0.717) is 64.4 Å². The highest BCUT2D eigenvalue weighted by molar-refractivity contribution is 7.91. The maximum atomic E-state index is 13.1. The molecule has 742 valence electrons. The molecule has 0 saturated heterocycles. The molecule has 0 bridgehead atoms. The van der Waals surface area contributed by atoms with Crippen LogP contribution in [0.3, 0.4) is 0 Å². The van der Waals surface area contributed by atoms with Crippen LogP contribution in [0.1, 0.15) is 183 Å². The lowest BCUT2D eigenvalue weighted by molar-refractivity contribution is -0.134. The summed E-state index contributed by atoms with van der Waals surface area (Å²) in [4.78, 5) is 129. The van der Waals surface area contributed by atoms with Crippen LogP contribution in [0.4, 0.5) is 32.8 Å². The van der Waals surface area contributed by atoms with Gasteiger partial charge < -0.3 is 26.6 Å². The van der Waals surface area contributed by atoms with Gasteiger partial charge in [0.25, 0.3) is 79.7 Å². The van der Waals surface area contributed by atoms with Gasteiger partial charge in [0.05, 0.1) is 45.9 Å². The smallest absolute Gasteiger partial charge is 0.266 e. The number of fused-ring (bicyclic) bond motifs is 10. The van der Waals surface area contributed by atoms with E-state index in [4.69, 9.17) is 58.0 Å². The van der Waals surface area contributed by atoms with Gasteiger partial charge in [0.1, 0.15) is 35.4 Å². The number of carbonyl (C=O) groups is 10. The molecular weight excluding hydrogens is 2030 g/mol. The van der Waals surface area contributed by atoms with E-state index in [1.54, 1.807) is 133 Å². The highest BCUT2D eigenvalue weighted by atomic mass is 35.5. The van der Waals surface area contributed by atoms with Crippen LogP contribution >= 0.6 is 58.0 Å². The standard InChI is InChI=1S/C21H21ClN2O4S.C20H18Cl2N2O4S.2C20H19ClN2O4S.C20H19FN2O4S/c1-12-7-8-15(11-17(12)22)23-20(25)19-16-9-13-5-3-4-6-14(13)10-18(16)29(27,28)24(2)21(19)26;1-24-20(26)18(19(25)23-16-10-13(21)6-7-15(16)22)14-8-11-4-2-3-5-12(11)9-17(14)29(24,27)28;1-23-20(25)18(19(24)22-16-9-5-4-8-15(16)21)14-10-12-6-2-3-7-13(12)11-17(14)28(23,26)27;2*1-23-20(25)18(19(24)22-15-8-6-14(21)7-9-15)16-10-12-4-2-3-5-13(12)11-17(16)28(23,26)27/h7-11,19H,3-6H2,1-2H3,(H,23,25);6-10,18H,2-5H2,1H3,(H,23,25);4-5,8-11,18H,2-3,6-7H2,1H3,(H,22,24);2*6-11,18H,2-5H2,1H3,(H,22,24). The zero-order chi connectivity index (χ0) is 102. The molecule has 5 N–H and O–H groups in total. The summed E-state index contributed by atoms with van der Waals surface area (Å²) in [6.07, 6.45) is 17.9. The first kappa shape index (κ1) is 103. The Morgan fingerprint density at radius 1 is 0.275 bits per heavy atom. The number of aryl methyl sites for hydroxylation is 11. The van der Waals surface area contributed by atoms with Gasteiger partial charge in [0.15, 0.2) is 0 Å². The van der Waals surface area contributed by atoms with Crippen LogP contribution in [0.25, 0.3) is 0 Å². The molecule has 0 saturated carbocycles. The second-order valence-corrected chi connectivity index (χ2v) is 47.9. The summed E-state index contributed by atoms with van der Waals surface area (Å²) in [6, 6.07) is 44.8. The number of hydrogen-bond donors (Lipinski definition) is 5. The average molecular weight is 2130 g/mol. The fourth-order valence-electron chi connectivity index (χ4n) is 19.3. The minimum absolute atomic E-state index is 0.00880. The topological polar surface area (TPSA) is 418 Å². The van der Waals surface area contributed by atoms with Crippen molar-refractivity contribution in [3.05, 3.63) is 290 Å². The number of anilines is 5. The maximum Gasteiger partial charge on any atom is 0.266 e. The first-order chi connectivity index (χ1) is 67.3. The van der Waals surface area contributed by atoms with Gasteiger partial charge in [0.2, 0.25) is 29.5 Å². The lowest BCUT2D eigenvalue weighted by Crippen LogP contribution is -2.46. The Morgan fingerprint density at radius 3 is 0.803 bits per heavy atom. The third-order valence-electron chi connectivity index (χ3n) is 27.2. The number of nitrogens with one attached hydrogen (secondary N) is 5. The van der Waals surface area contributed by atoms with E-state index in [1.807, 2.05) is 6.92 Å². The summed E-state index contributed by atoms with van der Waals surface area (Å²) in [5.41, 5.74) is 13.8. The van der Waals surface area contributed by atoms with Crippen molar-refractivity contribution in [2.45, 2.75) is 189 Å². The molecule has 10 aromatic rings. The Morgan fingerprint density at radius 2 is 0.514 bits per heavy atom. The first-order valence-corrected chi connectivity index (χ1v) is 54.8. The summed E-state index contributed by atoms with van der Waals surface area (Å²) < 4.78 is 145. The second-order valence-electron chi connectivity index (χ2n) is 36.1. The normalized spacial score (nSPS) is 20.2. The molecule has 5 atom stereocenters. The Kier molecular flexibility index (Phi) is 29.7. The molecule has 5 aliphatic carbocycles. The van der Waals surface area contributed by atoms with E-state index in [9.17, 15) is 94.4 Å². The number of sulfonamides is 5. The molecule has 0 fully saturated rings. The maximum absolute atomic E-state index is 13.1. The van der Waals surface area contributed by atoms with Crippen molar-refractivity contribution < 1.29 is 94.4 Å². The summed E-state index contributed by atoms with van der Waals surface area (Å²) >= 11 is 30.2. The molecule has 10 aromatic carbocycles. The van der Waals surface area contributed by atoms with Gasteiger partial charge in [0, 0.05) is 67.4 Å². The summed E-state index contributed by atoms with van der Waals surface area (Å²) in [7, 11) is -14.0. The number of amides is 10. The van der Waals surface area contributed by atoms with Crippen molar-refractivity contribution >= 4 is 196 Å². The van der Waals surface area contributed by atoms with Gasteiger partial charge in [-0.05, 0) is 346 Å². The number of hydrogen-bond acceptors (Lipinski definition) is 20. The van der Waals surface area contributed by atoms with Gasteiger partial charge in [-0.3, -0.25) is 47.9 Å². The Hall–Kier alpha value is -12.0. The Labute approximate surface area is 846 Å². The third-order valence-corrected chi connectivity index (χ3v) is 37.8. The van der Waals surface area contributed by atoms with Crippen molar-refractivity contribution in [2.75, 3.05) is 61.8 Å². The Bertz CT molecular complexity index is 7440. The number of rotatable bonds is 10. The number of carbonyl (C=O) groups excluding carboxylic acids is 10. The summed E-state index contributed by atoms with van der Waals surface area (Å²) in [6.45, 7) is 1.85. The van der Waals surface area contributed by atoms with Crippen molar-refractivity contribution in [1.29, 1.82) is 0 Å². The molecule has 5 heterocycles. The second kappa shape index (κ2) is 41.0. The van der Waals surface area contributed by atoms with Crippen LogP contribution < -0.4 is 26.6 Å². The van der Waals surface area contributed by atoms with Crippen molar-refractivity contribution in [2.24, 2.45) is 0 Å². The van der Waals surface area contributed by atoms with Crippen molar-refractivity contribution in [3.63, 3.8) is 0 Å². The highest BCUT2D eigenvalue weighted by Crippen LogP contribution is 2.47. The van der Waals surface area contributed by atoms with E-state index >= 15 is 0 Å². The number of likely N-dealkylation sites (N-methyl/N-ethyl adjacent to an activating group) is 5. The molecule has 10 amide bonds.